The number of carboxylic acid groups (broad SMARTS) is 1. The van der Waals surface area contributed by atoms with Gasteiger partial charge in [0, 0.05) is 5.70 Å². The van der Waals surface area contributed by atoms with Crippen molar-refractivity contribution < 1.29 is 19.4 Å². The Morgan fingerprint density at radius 1 is 1.57 bits per heavy atom. The molecule has 0 aromatic carbocycles. The largest absolute Gasteiger partial charge is 0.481 e. The SMILES string of the molecule is COC(=O)CC(C/C=C(\C)N)C(=O)O. The summed E-state index contributed by atoms with van der Waals surface area (Å²) >= 11 is 0. The van der Waals surface area contributed by atoms with Crippen LogP contribution in [0.5, 0.6) is 0 Å². The van der Waals surface area contributed by atoms with Crippen LogP contribution in [0.3, 0.4) is 0 Å². The van der Waals surface area contributed by atoms with E-state index in [1.54, 1.807) is 13.0 Å². The van der Waals surface area contributed by atoms with E-state index in [2.05, 4.69) is 4.74 Å². The molecule has 0 aromatic heterocycles. The molecule has 0 spiro atoms. The Kier molecular flexibility index (Phi) is 5.36. The van der Waals surface area contributed by atoms with Crippen LogP contribution in [0.25, 0.3) is 0 Å². The lowest BCUT2D eigenvalue weighted by atomic mass is 10.0. The minimum absolute atomic E-state index is 0.129. The predicted molar refractivity (Wildman–Crippen MR) is 50.3 cm³/mol. The number of nitrogens with two attached hydrogens (primary N) is 1. The van der Waals surface area contributed by atoms with Crippen molar-refractivity contribution in [3.63, 3.8) is 0 Å². The van der Waals surface area contributed by atoms with E-state index >= 15 is 0 Å². The first kappa shape index (κ1) is 12.5. The van der Waals surface area contributed by atoms with Gasteiger partial charge in [-0.3, -0.25) is 9.59 Å². The van der Waals surface area contributed by atoms with Gasteiger partial charge in [0.15, 0.2) is 0 Å². The zero-order valence-corrected chi connectivity index (χ0v) is 8.32. The van der Waals surface area contributed by atoms with Gasteiger partial charge in [-0.25, -0.2) is 0 Å². The monoisotopic (exact) mass is 201 g/mol. The number of carbonyl (C=O) groups is 2. The molecule has 0 radical (unpaired) electrons. The number of hydrogen-bond donors (Lipinski definition) is 2. The summed E-state index contributed by atoms with van der Waals surface area (Å²) in [4.78, 5) is 21.5. The topological polar surface area (TPSA) is 89.6 Å². The fraction of sp³-hybridized carbons (Fsp3) is 0.556. The molecule has 0 heterocycles. The Morgan fingerprint density at radius 2 is 2.14 bits per heavy atom. The van der Waals surface area contributed by atoms with Crippen molar-refractivity contribution in [2.45, 2.75) is 19.8 Å². The van der Waals surface area contributed by atoms with Crippen molar-refractivity contribution in [2.24, 2.45) is 11.7 Å². The van der Waals surface area contributed by atoms with Crippen LogP contribution < -0.4 is 5.73 Å². The average Bonchev–Trinajstić information content (AvgIpc) is 2.10. The Bertz CT molecular complexity index is 243. The van der Waals surface area contributed by atoms with Gasteiger partial charge in [-0.1, -0.05) is 6.08 Å². The van der Waals surface area contributed by atoms with Gasteiger partial charge in [-0.2, -0.15) is 0 Å². The molecule has 5 heteroatoms. The molecule has 0 saturated heterocycles. The number of hydrogen-bond acceptors (Lipinski definition) is 4. The second kappa shape index (κ2) is 6.01. The first-order valence-electron chi connectivity index (χ1n) is 4.19. The molecule has 3 N–H and O–H groups in total. The van der Waals surface area contributed by atoms with Crippen LogP contribution in [0, 0.1) is 5.92 Å². The van der Waals surface area contributed by atoms with Crippen LogP contribution in [0.1, 0.15) is 19.8 Å². The molecule has 0 bridgehead atoms. The minimum Gasteiger partial charge on any atom is -0.481 e. The molecule has 1 atom stereocenters. The second-order valence-electron chi connectivity index (χ2n) is 3.00. The molecule has 0 fully saturated rings. The van der Waals surface area contributed by atoms with Crippen LogP contribution in [0.15, 0.2) is 11.8 Å². The maximum Gasteiger partial charge on any atom is 0.307 e. The molecule has 0 aliphatic heterocycles. The Labute approximate surface area is 82.5 Å². The third kappa shape index (κ3) is 5.18. The van der Waals surface area contributed by atoms with Crippen molar-refractivity contribution in [1.82, 2.24) is 0 Å². The zero-order valence-electron chi connectivity index (χ0n) is 8.32. The molecule has 14 heavy (non-hydrogen) atoms. The zero-order chi connectivity index (χ0) is 11.1. The van der Waals surface area contributed by atoms with Crippen LogP contribution >= 0.6 is 0 Å². The van der Waals surface area contributed by atoms with Gasteiger partial charge in [0.1, 0.15) is 0 Å². The maximum absolute atomic E-state index is 10.8. The highest BCUT2D eigenvalue weighted by atomic mass is 16.5. The summed E-state index contributed by atoms with van der Waals surface area (Å²) in [5, 5.41) is 8.75. The number of ether oxygens (including phenoxy) is 1. The minimum atomic E-state index is -1.02. The summed E-state index contributed by atoms with van der Waals surface area (Å²) in [6.07, 6.45) is 1.70. The lowest BCUT2D eigenvalue weighted by molar-refractivity contribution is -0.149. The van der Waals surface area contributed by atoms with Gasteiger partial charge < -0.3 is 15.6 Å². The number of carbonyl (C=O) groups excluding carboxylic acids is 1. The molecule has 1 unspecified atom stereocenters. The van der Waals surface area contributed by atoms with E-state index < -0.39 is 17.9 Å². The van der Waals surface area contributed by atoms with E-state index in [0.717, 1.165) is 0 Å². The number of rotatable bonds is 5. The maximum atomic E-state index is 10.8. The summed E-state index contributed by atoms with van der Waals surface area (Å²) in [5.41, 5.74) is 5.90. The molecular weight excluding hydrogens is 186 g/mol. The standard InChI is InChI=1S/C9H15NO4/c1-6(10)3-4-7(9(12)13)5-8(11)14-2/h3,7H,4-5,10H2,1-2H3,(H,12,13)/b6-3+. The normalized spacial score (nSPS) is 13.4. The molecule has 0 rings (SSSR count). The quantitative estimate of drug-likeness (QED) is 0.632. The third-order valence-electron chi connectivity index (χ3n) is 1.71. The van der Waals surface area contributed by atoms with Gasteiger partial charge in [-0.15, -0.1) is 0 Å². The summed E-state index contributed by atoms with van der Waals surface area (Å²) in [6, 6.07) is 0. The fourth-order valence-electron chi connectivity index (χ4n) is 0.884. The molecule has 0 saturated carbocycles. The van der Waals surface area contributed by atoms with Gasteiger partial charge in [-0.05, 0) is 13.3 Å². The highest BCUT2D eigenvalue weighted by Gasteiger charge is 2.20. The summed E-state index contributed by atoms with van der Waals surface area (Å²) in [7, 11) is 1.23. The summed E-state index contributed by atoms with van der Waals surface area (Å²) in [5.74, 6) is -2.31. The number of aliphatic carboxylic acids is 1. The van der Waals surface area contributed by atoms with E-state index in [1.807, 2.05) is 0 Å². The molecule has 80 valence electrons. The smallest absolute Gasteiger partial charge is 0.307 e. The number of allylic oxidation sites excluding steroid dienone is 2. The second-order valence-corrected chi connectivity index (χ2v) is 3.00. The van der Waals surface area contributed by atoms with E-state index in [-0.39, 0.29) is 12.8 Å². The Morgan fingerprint density at radius 3 is 2.50 bits per heavy atom. The molecule has 0 aliphatic carbocycles. The van der Waals surface area contributed by atoms with E-state index in [9.17, 15) is 9.59 Å². The van der Waals surface area contributed by atoms with E-state index in [4.69, 9.17) is 10.8 Å². The molecular formula is C9H15NO4. The van der Waals surface area contributed by atoms with Crippen LogP contribution in [0.2, 0.25) is 0 Å². The van der Waals surface area contributed by atoms with Crippen LogP contribution in [-0.4, -0.2) is 24.2 Å². The number of methoxy groups -OCH3 is 1. The lowest BCUT2D eigenvalue weighted by Gasteiger charge is -2.08. The molecule has 5 nitrogen and oxygen atoms in total. The van der Waals surface area contributed by atoms with Crippen molar-refractivity contribution in [2.75, 3.05) is 7.11 Å². The van der Waals surface area contributed by atoms with E-state index in [1.165, 1.54) is 7.11 Å². The van der Waals surface area contributed by atoms with Crippen molar-refractivity contribution in [3.05, 3.63) is 11.8 Å². The number of carboxylic acids is 1. The predicted octanol–water partition coefficient (Wildman–Crippen LogP) is 0.503. The van der Waals surface area contributed by atoms with E-state index in [0.29, 0.717) is 5.70 Å². The Balaban J connectivity index is 4.24. The molecule has 0 amide bonds. The van der Waals surface area contributed by atoms with Gasteiger partial charge in [0.2, 0.25) is 0 Å². The average molecular weight is 201 g/mol. The highest BCUT2D eigenvalue weighted by Crippen LogP contribution is 2.11. The summed E-state index contributed by atoms with van der Waals surface area (Å²) < 4.78 is 4.38. The van der Waals surface area contributed by atoms with Crippen LogP contribution in [-0.2, 0) is 14.3 Å². The van der Waals surface area contributed by atoms with Gasteiger partial charge >= 0.3 is 11.9 Å². The molecule has 0 aromatic rings. The van der Waals surface area contributed by atoms with Crippen molar-refractivity contribution in [3.8, 4) is 0 Å². The van der Waals surface area contributed by atoms with Gasteiger partial charge in [0.05, 0.1) is 19.4 Å². The summed E-state index contributed by atoms with van der Waals surface area (Å²) in [6.45, 7) is 1.66. The van der Waals surface area contributed by atoms with Crippen molar-refractivity contribution in [1.29, 1.82) is 0 Å². The van der Waals surface area contributed by atoms with Crippen LogP contribution in [0.4, 0.5) is 0 Å². The number of esters is 1. The first-order valence-corrected chi connectivity index (χ1v) is 4.19. The van der Waals surface area contributed by atoms with Crippen molar-refractivity contribution >= 4 is 11.9 Å². The lowest BCUT2D eigenvalue weighted by Crippen LogP contribution is -2.18. The first-order chi connectivity index (χ1) is 6.47. The highest BCUT2D eigenvalue weighted by molar-refractivity contribution is 5.78. The third-order valence-corrected chi connectivity index (χ3v) is 1.71. The molecule has 0 aliphatic rings. The fourth-order valence-corrected chi connectivity index (χ4v) is 0.884. The van der Waals surface area contributed by atoms with Gasteiger partial charge in [0.25, 0.3) is 0 Å². The Hall–Kier alpha value is -1.52.